The molecule has 0 rings (SSSR count). The minimum atomic E-state index is -4.96. The highest BCUT2D eigenvalue weighted by atomic mass is 31.2. The zero-order valence-electron chi connectivity index (χ0n) is 57.4. The van der Waals surface area contributed by atoms with Crippen LogP contribution in [0.1, 0.15) is 325 Å². The number of phosphoric acid groups is 2. The van der Waals surface area contributed by atoms with Gasteiger partial charge in [-0.3, -0.25) is 37.3 Å². The van der Waals surface area contributed by atoms with E-state index in [-0.39, 0.29) is 25.7 Å². The van der Waals surface area contributed by atoms with Crippen molar-refractivity contribution in [1.82, 2.24) is 0 Å². The fraction of sp³-hybridized carbons (Fsp3) is 0.886. The van der Waals surface area contributed by atoms with Crippen LogP contribution >= 0.6 is 15.6 Å². The van der Waals surface area contributed by atoms with Gasteiger partial charge in [0, 0.05) is 25.7 Å². The van der Waals surface area contributed by atoms with E-state index in [1.54, 1.807) is 0 Å². The first-order chi connectivity index (χ1) is 42.7. The predicted molar refractivity (Wildman–Crippen MR) is 358 cm³/mol. The van der Waals surface area contributed by atoms with Crippen molar-refractivity contribution < 1.29 is 80.2 Å². The van der Waals surface area contributed by atoms with Gasteiger partial charge < -0.3 is 33.8 Å². The Hall–Kier alpha value is -2.46. The average Bonchev–Trinajstić information content (AvgIpc) is 3.70. The Morgan fingerprint density at radius 1 is 0.348 bits per heavy atom. The van der Waals surface area contributed by atoms with Crippen LogP contribution in [0.3, 0.4) is 0 Å². The molecule has 3 N–H and O–H groups in total. The standard InChI is InChI=1S/C70H132O17P2/c1-8-9-10-11-12-13-14-15-16-17-18-21-32-39-46-53-69(74)86-65(57-80-67(72)51-44-37-30-25-23-28-35-42-49-62(4)5)59-84-88(76,77)82-55-64(71)56-83-89(78,79)85-60-66(58-81-68(73)52-45-38-31-26-24-29-36-43-50-63(6)7)87-70(75)54-47-40-33-22-19-20-27-34-41-48-61(2)3/h13-16,61-66,71H,8-12,17-60H2,1-7H3,(H,76,77)(H,78,79)/b14-13-,16-15-/t64?,65-,66-/m1/s1. The molecule has 0 fully saturated rings. The van der Waals surface area contributed by atoms with E-state index in [0.717, 1.165) is 127 Å². The van der Waals surface area contributed by atoms with Crippen molar-refractivity contribution in [1.29, 1.82) is 0 Å². The van der Waals surface area contributed by atoms with E-state index in [2.05, 4.69) is 72.8 Å². The minimum absolute atomic E-state index is 0.0839. The third kappa shape index (κ3) is 64.1. The maximum absolute atomic E-state index is 13.0. The molecule has 0 amide bonds. The molecular weight excluding hydrogens is 1170 g/mol. The number of aliphatic hydroxyl groups excluding tert-OH is 1. The fourth-order valence-electron chi connectivity index (χ4n) is 10.0. The monoisotopic (exact) mass is 1310 g/mol. The fourth-order valence-corrected chi connectivity index (χ4v) is 11.6. The summed E-state index contributed by atoms with van der Waals surface area (Å²) in [4.78, 5) is 72.5. The van der Waals surface area contributed by atoms with Crippen LogP contribution in [-0.2, 0) is 65.4 Å². The van der Waals surface area contributed by atoms with E-state index in [0.29, 0.717) is 25.7 Å². The molecule has 3 unspecified atom stereocenters. The largest absolute Gasteiger partial charge is 0.472 e. The number of allylic oxidation sites excluding steroid dienone is 4. The lowest BCUT2D eigenvalue weighted by Crippen LogP contribution is -2.30. The van der Waals surface area contributed by atoms with Crippen molar-refractivity contribution in [2.24, 2.45) is 17.8 Å². The van der Waals surface area contributed by atoms with Gasteiger partial charge in [-0.2, -0.15) is 0 Å². The second-order valence-corrected chi connectivity index (χ2v) is 28.9. The molecule has 0 saturated heterocycles. The highest BCUT2D eigenvalue weighted by molar-refractivity contribution is 7.47. The molecule has 0 aliphatic heterocycles. The second kappa shape index (κ2) is 60.5. The van der Waals surface area contributed by atoms with Gasteiger partial charge in [0.1, 0.15) is 19.3 Å². The Labute approximate surface area is 542 Å². The molecule has 524 valence electrons. The van der Waals surface area contributed by atoms with E-state index in [9.17, 15) is 43.2 Å². The summed E-state index contributed by atoms with van der Waals surface area (Å²) in [7, 11) is -9.91. The first kappa shape index (κ1) is 86.5. The highest BCUT2D eigenvalue weighted by Crippen LogP contribution is 2.45. The predicted octanol–water partition coefficient (Wildman–Crippen LogP) is 19.4. The molecule has 0 aromatic carbocycles. The molecule has 0 aromatic rings. The minimum Gasteiger partial charge on any atom is -0.462 e. The number of aliphatic hydroxyl groups is 1. The van der Waals surface area contributed by atoms with Crippen molar-refractivity contribution in [2.75, 3.05) is 39.6 Å². The van der Waals surface area contributed by atoms with Gasteiger partial charge in [0.05, 0.1) is 26.4 Å². The summed E-state index contributed by atoms with van der Waals surface area (Å²) in [6.07, 6.45) is 46.7. The zero-order chi connectivity index (χ0) is 65.9. The van der Waals surface area contributed by atoms with Crippen molar-refractivity contribution in [3.05, 3.63) is 24.3 Å². The van der Waals surface area contributed by atoms with Crippen LogP contribution in [0.5, 0.6) is 0 Å². The molecule has 5 atom stereocenters. The summed E-state index contributed by atoms with van der Waals surface area (Å²) in [6, 6.07) is 0. The third-order valence-electron chi connectivity index (χ3n) is 15.5. The molecule has 0 bridgehead atoms. The normalized spacial score (nSPS) is 14.4. The van der Waals surface area contributed by atoms with Gasteiger partial charge in [0.15, 0.2) is 12.2 Å². The lowest BCUT2D eigenvalue weighted by atomic mass is 10.0. The van der Waals surface area contributed by atoms with E-state index in [1.807, 2.05) is 0 Å². The highest BCUT2D eigenvalue weighted by Gasteiger charge is 2.30. The van der Waals surface area contributed by atoms with Crippen LogP contribution in [0.4, 0.5) is 0 Å². The Morgan fingerprint density at radius 2 is 0.607 bits per heavy atom. The number of rotatable bonds is 66. The Morgan fingerprint density at radius 3 is 0.910 bits per heavy atom. The number of phosphoric ester groups is 2. The molecule has 0 aliphatic rings. The Bertz CT molecular complexity index is 1840. The maximum atomic E-state index is 13.0. The topological polar surface area (TPSA) is 237 Å². The first-order valence-electron chi connectivity index (χ1n) is 35.7. The van der Waals surface area contributed by atoms with Crippen LogP contribution in [0.25, 0.3) is 0 Å². The molecule has 19 heteroatoms. The molecular formula is C70H132O17P2. The number of hydrogen-bond donors (Lipinski definition) is 3. The lowest BCUT2D eigenvalue weighted by molar-refractivity contribution is -0.161. The number of hydrogen-bond acceptors (Lipinski definition) is 15. The van der Waals surface area contributed by atoms with Gasteiger partial charge in [-0.05, 0) is 69.1 Å². The van der Waals surface area contributed by atoms with Crippen LogP contribution in [-0.4, -0.2) is 96.7 Å². The number of carbonyl (C=O) groups is 4. The summed E-state index contributed by atoms with van der Waals surface area (Å²) in [6.45, 7) is 11.7. The number of esters is 4. The summed E-state index contributed by atoms with van der Waals surface area (Å²) in [5, 5.41) is 10.6. The van der Waals surface area contributed by atoms with Crippen LogP contribution in [0.15, 0.2) is 24.3 Å². The Balaban J connectivity index is 5.30. The molecule has 0 radical (unpaired) electrons. The SMILES string of the molecule is CCCCCC/C=C\C=C/CCCCCCCC(=O)O[C@H](COC(=O)CCCCCCCCCCC(C)C)COP(=O)(O)OCC(O)COP(=O)(O)OC[C@@H](COC(=O)CCCCCCCCCCC(C)C)OC(=O)CCCCCCCCCCCC(C)C. The Kier molecular flexibility index (Phi) is 58.8. The van der Waals surface area contributed by atoms with Crippen molar-refractivity contribution >= 4 is 39.5 Å². The van der Waals surface area contributed by atoms with Gasteiger partial charge in [-0.15, -0.1) is 0 Å². The smallest absolute Gasteiger partial charge is 0.462 e. The molecule has 17 nitrogen and oxygen atoms in total. The maximum Gasteiger partial charge on any atom is 0.472 e. The van der Waals surface area contributed by atoms with Gasteiger partial charge in [-0.25, -0.2) is 9.13 Å². The number of ether oxygens (including phenoxy) is 4. The van der Waals surface area contributed by atoms with Gasteiger partial charge in [0.25, 0.3) is 0 Å². The van der Waals surface area contributed by atoms with E-state index >= 15 is 0 Å². The summed E-state index contributed by atoms with van der Waals surface area (Å²) >= 11 is 0. The first-order valence-corrected chi connectivity index (χ1v) is 38.7. The van der Waals surface area contributed by atoms with Crippen molar-refractivity contribution in [3.8, 4) is 0 Å². The lowest BCUT2D eigenvalue weighted by Gasteiger charge is -2.21. The molecule has 0 aliphatic carbocycles. The average molecular weight is 1310 g/mol. The number of unbranched alkanes of at least 4 members (excludes halogenated alkanes) is 31. The zero-order valence-corrected chi connectivity index (χ0v) is 59.2. The molecule has 89 heavy (non-hydrogen) atoms. The molecule has 0 heterocycles. The summed E-state index contributed by atoms with van der Waals surface area (Å²) < 4.78 is 68.2. The molecule has 0 aromatic heterocycles. The van der Waals surface area contributed by atoms with Crippen LogP contribution in [0, 0.1) is 17.8 Å². The van der Waals surface area contributed by atoms with Crippen LogP contribution < -0.4 is 0 Å². The van der Waals surface area contributed by atoms with E-state index < -0.39 is 97.5 Å². The van der Waals surface area contributed by atoms with Crippen LogP contribution in [0.2, 0.25) is 0 Å². The molecule has 0 spiro atoms. The third-order valence-corrected chi connectivity index (χ3v) is 17.4. The number of carbonyl (C=O) groups excluding carboxylic acids is 4. The van der Waals surface area contributed by atoms with E-state index in [1.165, 1.54) is 116 Å². The van der Waals surface area contributed by atoms with Gasteiger partial charge >= 0.3 is 39.5 Å². The van der Waals surface area contributed by atoms with Crippen molar-refractivity contribution in [2.45, 2.75) is 343 Å². The van der Waals surface area contributed by atoms with E-state index in [4.69, 9.17) is 37.0 Å². The summed E-state index contributed by atoms with van der Waals surface area (Å²) in [5.74, 6) is 0.0238. The quantitative estimate of drug-likeness (QED) is 0.0169. The van der Waals surface area contributed by atoms with Gasteiger partial charge in [0.2, 0.25) is 0 Å². The summed E-state index contributed by atoms with van der Waals surface area (Å²) in [5.41, 5.74) is 0. The second-order valence-electron chi connectivity index (χ2n) is 26.0. The van der Waals surface area contributed by atoms with Crippen molar-refractivity contribution in [3.63, 3.8) is 0 Å². The van der Waals surface area contributed by atoms with Gasteiger partial charge in [-0.1, -0.05) is 272 Å². The molecule has 0 saturated carbocycles.